The smallest absolute Gasteiger partial charge is 0.312 e. The Kier molecular flexibility index (Phi) is 19.5. The minimum atomic E-state index is -0.972. The van der Waals surface area contributed by atoms with Crippen molar-refractivity contribution < 1.29 is 48.1 Å². The van der Waals surface area contributed by atoms with E-state index in [1.54, 1.807) is 38.1 Å². The number of primary amides is 1. The molecule has 8 N–H and O–H groups in total. The number of nitrogens with two attached hydrogens (primary N) is 1. The number of ether oxygens (including phenoxy) is 2. The lowest BCUT2D eigenvalue weighted by molar-refractivity contribution is -0.138. The minimum Gasteiger partial charge on any atom is -0.392 e. The van der Waals surface area contributed by atoms with Gasteiger partial charge in [-0.25, -0.2) is 4.79 Å². The first kappa shape index (κ1) is 42.3. The molecule has 17 nitrogen and oxygen atoms in total. The Labute approximate surface area is 297 Å². The standard InChI is InChI=1S/C34H51N7O10/c1-23(2)31(33(48)39-26(7-6-16-37-34(35)49)32(47)38-25-11-9-24(21-42)10-12-25)40-27(43)8-4-3-5-15-36-28(44)22-51-20-19-50-18-17-41-29(45)13-14-30(41)46/h9-14,23,26,31,42H,3-8,15-22H2,1-2H3,(H,36,44)(H,38,47)(H,39,48)(H,40,43)(H3,35,37,49)/t26-,31-/m0/s1. The highest BCUT2D eigenvalue weighted by atomic mass is 16.5. The van der Waals surface area contributed by atoms with E-state index in [1.807, 2.05) is 0 Å². The summed E-state index contributed by atoms with van der Waals surface area (Å²) in [4.78, 5) is 86.2. The molecular formula is C34H51N7O10. The van der Waals surface area contributed by atoms with Crippen LogP contribution in [0.25, 0.3) is 0 Å². The van der Waals surface area contributed by atoms with Crippen molar-refractivity contribution in [3.05, 3.63) is 42.0 Å². The highest BCUT2D eigenvalue weighted by molar-refractivity contribution is 6.12. The first-order chi connectivity index (χ1) is 24.4. The third-order valence-corrected chi connectivity index (χ3v) is 7.64. The molecule has 1 aliphatic rings. The quantitative estimate of drug-likeness (QED) is 0.0520. The number of rotatable bonds is 25. The molecule has 1 aromatic carbocycles. The van der Waals surface area contributed by atoms with Gasteiger partial charge in [0.15, 0.2) is 0 Å². The molecule has 0 aromatic heterocycles. The van der Waals surface area contributed by atoms with Gasteiger partial charge in [0.25, 0.3) is 11.8 Å². The summed E-state index contributed by atoms with van der Waals surface area (Å²) in [5, 5.41) is 22.7. The van der Waals surface area contributed by atoms with Crippen molar-refractivity contribution in [1.82, 2.24) is 26.2 Å². The molecule has 17 heteroatoms. The summed E-state index contributed by atoms with van der Waals surface area (Å²) in [6, 6.07) is 4.00. The summed E-state index contributed by atoms with van der Waals surface area (Å²) in [5.74, 6) is -2.66. The largest absolute Gasteiger partial charge is 0.392 e. The van der Waals surface area contributed by atoms with Gasteiger partial charge in [-0.2, -0.15) is 0 Å². The van der Waals surface area contributed by atoms with Gasteiger partial charge in [0, 0.05) is 37.3 Å². The number of nitrogens with one attached hydrogen (secondary N) is 5. The molecule has 0 radical (unpaired) electrons. The SMILES string of the molecule is CC(C)[C@H](NC(=O)CCCCCNC(=O)COCCOCCN1C(=O)C=CC1=O)C(=O)N[C@@H](CCCNC(N)=O)C(=O)Nc1ccc(CO)cc1. The van der Waals surface area contributed by atoms with Crippen LogP contribution in [-0.2, 0) is 44.8 Å². The molecule has 51 heavy (non-hydrogen) atoms. The highest BCUT2D eigenvalue weighted by Crippen LogP contribution is 2.12. The third kappa shape index (κ3) is 17.1. The highest BCUT2D eigenvalue weighted by Gasteiger charge is 2.29. The van der Waals surface area contributed by atoms with Gasteiger partial charge in [-0.15, -0.1) is 0 Å². The van der Waals surface area contributed by atoms with Crippen LogP contribution in [-0.4, -0.2) is 110 Å². The van der Waals surface area contributed by atoms with Crippen LogP contribution >= 0.6 is 0 Å². The number of amides is 8. The van der Waals surface area contributed by atoms with Gasteiger partial charge in [-0.05, 0) is 49.3 Å². The van der Waals surface area contributed by atoms with E-state index in [4.69, 9.17) is 15.2 Å². The summed E-state index contributed by atoms with van der Waals surface area (Å²) in [6.07, 6.45) is 4.92. The Morgan fingerprint density at radius 3 is 2.12 bits per heavy atom. The second-order valence-corrected chi connectivity index (χ2v) is 12.1. The van der Waals surface area contributed by atoms with Crippen molar-refractivity contribution in [2.24, 2.45) is 11.7 Å². The predicted octanol–water partition coefficient (Wildman–Crippen LogP) is -0.174. The van der Waals surface area contributed by atoms with E-state index in [1.165, 1.54) is 12.2 Å². The minimum absolute atomic E-state index is 0.144. The molecule has 0 aliphatic carbocycles. The first-order valence-corrected chi connectivity index (χ1v) is 17.0. The molecular weight excluding hydrogens is 666 g/mol. The zero-order valence-corrected chi connectivity index (χ0v) is 29.2. The number of urea groups is 1. The van der Waals surface area contributed by atoms with Crippen molar-refractivity contribution in [3.8, 4) is 0 Å². The number of hydrogen-bond acceptors (Lipinski definition) is 10. The number of aliphatic hydroxyl groups excluding tert-OH is 1. The van der Waals surface area contributed by atoms with Crippen LogP contribution in [0.15, 0.2) is 36.4 Å². The van der Waals surface area contributed by atoms with Crippen LogP contribution < -0.4 is 32.3 Å². The molecule has 1 aliphatic heterocycles. The molecule has 1 aromatic rings. The molecule has 2 atom stereocenters. The molecule has 8 amide bonds. The number of anilines is 1. The van der Waals surface area contributed by atoms with E-state index >= 15 is 0 Å². The predicted molar refractivity (Wildman–Crippen MR) is 185 cm³/mol. The Hall–Kier alpha value is -4.87. The monoisotopic (exact) mass is 717 g/mol. The van der Waals surface area contributed by atoms with Gasteiger partial charge in [0.1, 0.15) is 18.7 Å². The average Bonchev–Trinajstić information content (AvgIpc) is 3.41. The number of carbonyl (C=O) groups is 7. The maximum absolute atomic E-state index is 13.3. The van der Waals surface area contributed by atoms with Gasteiger partial charge in [-0.1, -0.05) is 32.4 Å². The fourth-order valence-electron chi connectivity index (χ4n) is 4.81. The van der Waals surface area contributed by atoms with Gasteiger partial charge in [0.2, 0.25) is 23.6 Å². The maximum atomic E-state index is 13.3. The van der Waals surface area contributed by atoms with Crippen molar-refractivity contribution in [2.75, 3.05) is 51.4 Å². The second-order valence-electron chi connectivity index (χ2n) is 12.1. The summed E-state index contributed by atoms with van der Waals surface area (Å²) in [6.45, 7) is 4.53. The first-order valence-electron chi connectivity index (χ1n) is 17.0. The molecule has 2 rings (SSSR count). The lowest BCUT2D eigenvalue weighted by Crippen LogP contribution is -2.54. The fourth-order valence-corrected chi connectivity index (χ4v) is 4.81. The summed E-state index contributed by atoms with van der Waals surface area (Å²) in [7, 11) is 0. The Morgan fingerprint density at radius 2 is 1.47 bits per heavy atom. The van der Waals surface area contributed by atoms with Crippen LogP contribution in [0.2, 0.25) is 0 Å². The summed E-state index contributed by atoms with van der Waals surface area (Å²) >= 11 is 0. The van der Waals surface area contributed by atoms with Gasteiger partial charge in [-0.3, -0.25) is 33.7 Å². The number of carbonyl (C=O) groups excluding carboxylic acids is 7. The zero-order valence-electron chi connectivity index (χ0n) is 29.2. The van der Waals surface area contributed by atoms with Crippen molar-refractivity contribution >= 4 is 47.2 Å². The van der Waals surface area contributed by atoms with E-state index in [2.05, 4.69) is 26.6 Å². The molecule has 0 saturated heterocycles. The lowest BCUT2D eigenvalue weighted by Gasteiger charge is -2.25. The molecule has 0 spiro atoms. The number of benzene rings is 1. The third-order valence-electron chi connectivity index (χ3n) is 7.64. The average molecular weight is 718 g/mol. The normalized spacial score (nSPS) is 13.5. The second kappa shape index (κ2) is 23.5. The number of hydrogen-bond donors (Lipinski definition) is 7. The number of imide groups is 1. The van der Waals surface area contributed by atoms with Crippen LogP contribution in [0.3, 0.4) is 0 Å². The molecule has 0 saturated carbocycles. The molecule has 0 bridgehead atoms. The zero-order chi connectivity index (χ0) is 37.6. The van der Waals surface area contributed by atoms with E-state index < -0.39 is 29.9 Å². The molecule has 0 fully saturated rings. The maximum Gasteiger partial charge on any atom is 0.312 e. The Bertz CT molecular complexity index is 1340. The van der Waals surface area contributed by atoms with Crippen LogP contribution in [0.1, 0.15) is 57.9 Å². The van der Waals surface area contributed by atoms with E-state index in [0.29, 0.717) is 43.5 Å². The van der Waals surface area contributed by atoms with Crippen molar-refractivity contribution in [1.29, 1.82) is 0 Å². The van der Waals surface area contributed by atoms with Gasteiger partial charge in [0.05, 0.1) is 33.0 Å². The molecule has 0 unspecified atom stereocenters. The number of nitrogens with zero attached hydrogens (tertiary/aromatic N) is 1. The van der Waals surface area contributed by atoms with Crippen LogP contribution in [0.4, 0.5) is 10.5 Å². The Balaban J connectivity index is 1.67. The summed E-state index contributed by atoms with van der Waals surface area (Å²) in [5.41, 5.74) is 6.26. The van der Waals surface area contributed by atoms with Crippen molar-refractivity contribution in [2.45, 2.75) is 71.1 Å². The molecule has 282 valence electrons. The van der Waals surface area contributed by atoms with E-state index in [-0.39, 0.29) is 88.5 Å². The Morgan fingerprint density at radius 1 is 0.804 bits per heavy atom. The molecule has 1 heterocycles. The number of unbranched alkanes of at least 4 members (excludes halogenated alkanes) is 2. The van der Waals surface area contributed by atoms with E-state index in [9.17, 15) is 38.7 Å². The number of aliphatic hydroxyl groups is 1. The van der Waals surface area contributed by atoms with Gasteiger partial charge < -0.3 is 46.9 Å². The van der Waals surface area contributed by atoms with E-state index in [0.717, 1.165) is 4.90 Å². The topological polar surface area (TPSA) is 248 Å². The van der Waals surface area contributed by atoms with Crippen LogP contribution in [0, 0.1) is 5.92 Å². The van der Waals surface area contributed by atoms with Crippen molar-refractivity contribution in [3.63, 3.8) is 0 Å². The van der Waals surface area contributed by atoms with Gasteiger partial charge >= 0.3 is 6.03 Å². The lowest BCUT2D eigenvalue weighted by atomic mass is 10.0. The fraction of sp³-hybridized carbons (Fsp3) is 0.559. The van der Waals surface area contributed by atoms with Crippen LogP contribution in [0.5, 0.6) is 0 Å². The summed E-state index contributed by atoms with van der Waals surface area (Å²) < 4.78 is 10.6.